The molecule has 1 heterocycles. The fourth-order valence-electron chi connectivity index (χ4n) is 2.14. The monoisotopic (exact) mass is 307 g/mol. The molecule has 0 radical (unpaired) electrons. The summed E-state index contributed by atoms with van der Waals surface area (Å²) in [6.07, 6.45) is 0. The highest BCUT2D eigenvalue weighted by Crippen LogP contribution is 2.25. The van der Waals surface area contributed by atoms with Crippen molar-refractivity contribution in [3.63, 3.8) is 0 Å². The largest absolute Gasteiger partial charge is 0.489 e. The Bertz CT molecular complexity index is 888. The molecule has 0 aliphatic heterocycles. The number of hydrogen-bond acceptors (Lipinski definition) is 5. The smallest absolute Gasteiger partial charge is 0.373 e. The fraction of sp³-hybridized carbons (Fsp3) is 0.111. The van der Waals surface area contributed by atoms with Gasteiger partial charge in [-0.3, -0.25) is 0 Å². The molecule has 2 aromatic carbocycles. The average molecular weight is 307 g/mol. The van der Waals surface area contributed by atoms with Crippen molar-refractivity contribution in [2.24, 2.45) is 0 Å². The molecule has 1 aromatic heterocycles. The van der Waals surface area contributed by atoms with Crippen LogP contribution in [0.5, 0.6) is 5.75 Å². The first kappa shape index (κ1) is 14.7. The third-order valence-corrected chi connectivity index (χ3v) is 3.37. The third kappa shape index (κ3) is 3.16. The number of nitriles is 1. The van der Waals surface area contributed by atoms with E-state index < -0.39 is 5.97 Å². The maximum absolute atomic E-state index is 11.5. The molecule has 23 heavy (non-hydrogen) atoms. The molecule has 0 atom stereocenters. The number of carbonyl (C=O) groups excluding carboxylic acids is 1. The van der Waals surface area contributed by atoms with Gasteiger partial charge in [0.1, 0.15) is 17.9 Å². The van der Waals surface area contributed by atoms with E-state index >= 15 is 0 Å². The van der Waals surface area contributed by atoms with E-state index in [2.05, 4.69) is 10.8 Å². The SMILES string of the molecule is COC(=O)c1cc2ccc(OCc3ccc(C#N)cc3)cc2o1. The molecular formula is C18H13NO4. The highest BCUT2D eigenvalue weighted by Gasteiger charge is 2.12. The molecule has 0 saturated carbocycles. The van der Waals surface area contributed by atoms with E-state index in [0.29, 0.717) is 23.5 Å². The van der Waals surface area contributed by atoms with Crippen LogP contribution >= 0.6 is 0 Å². The quantitative estimate of drug-likeness (QED) is 0.688. The van der Waals surface area contributed by atoms with Crippen molar-refractivity contribution >= 4 is 16.9 Å². The molecule has 114 valence electrons. The summed E-state index contributed by atoms with van der Waals surface area (Å²) in [5.74, 6) is 0.278. The van der Waals surface area contributed by atoms with Crippen LogP contribution in [0.2, 0.25) is 0 Å². The molecule has 0 fully saturated rings. The molecule has 5 heteroatoms. The lowest BCUT2D eigenvalue weighted by Crippen LogP contribution is -1.97. The maximum Gasteiger partial charge on any atom is 0.373 e. The van der Waals surface area contributed by atoms with Crippen molar-refractivity contribution in [3.05, 3.63) is 65.4 Å². The standard InChI is InChI=1S/C18H13NO4/c1-21-18(20)17-8-14-6-7-15(9-16(14)23-17)22-11-13-4-2-12(10-19)3-5-13/h2-9H,11H2,1H3. The summed E-state index contributed by atoms with van der Waals surface area (Å²) in [5.41, 5.74) is 2.13. The van der Waals surface area contributed by atoms with Crippen molar-refractivity contribution in [2.75, 3.05) is 7.11 Å². The Balaban J connectivity index is 1.75. The Kier molecular flexibility index (Phi) is 3.98. The summed E-state index contributed by atoms with van der Waals surface area (Å²) >= 11 is 0. The Hall–Kier alpha value is -3.26. The molecule has 0 unspecified atom stereocenters. The zero-order valence-electron chi connectivity index (χ0n) is 12.4. The average Bonchev–Trinajstić information content (AvgIpc) is 3.03. The minimum absolute atomic E-state index is 0.159. The molecule has 0 aliphatic carbocycles. The summed E-state index contributed by atoms with van der Waals surface area (Å²) in [5, 5.41) is 9.57. The minimum atomic E-state index is -0.513. The second-order valence-electron chi connectivity index (χ2n) is 4.90. The summed E-state index contributed by atoms with van der Waals surface area (Å²) < 4.78 is 15.8. The van der Waals surface area contributed by atoms with E-state index in [1.54, 1.807) is 24.3 Å². The van der Waals surface area contributed by atoms with E-state index in [0.717, 1.165) is 10.9 Å². The fourth-order valence-corrected chi connectivity index (χ4v) is 2.14. The van der Waals surface area contributed by atoms with Crippen molar-refractivity contribution in [3.8, 4) is 11.8 Å². The highest BCUT2D eigenvalue weighted by atomic mass is 16.5. The van der Waals surface area contributed by atoms with Gasteiger partial charge in [-0.25, -0.2) is 4.79 Å². The Morgan fingerprint density at radius 3 is 2.65 bits per heavy atom. The topological polar surface area (TPSA) is 72.5 Å². The van der Waals surface area contributed by atoms with Crippen LogP contribution in [0.3, 0.4) is 0 Å². The number of fused-ring (bicyclic) bond motifs is 1. The number of hydrogen-bond donors (Lipinski definition) is 0. The second kappa shape index (κ2) is 6.24. The third-order valence-electron chi connectivity index (χ3n) is 3.37. The molecule has 0 bridgehead atoms. The summed E-state index contributed by atoms with van der Waals surface area (Å²) in [4.78, 5) is 11.5. The van der Waals surface area contributed by atoms with Crippen LogP contribution < -0.4 is 4.74 Å². The Labute approximate surface area is 132 Å². The summed E-state index contributed by atoms with van der Waals surface area (Å²) in [6.45, 7) is 0.377. The van der Waals surface area contributed by atoms with Gasteiger partial charge in [0.05, 0.1) is 18.7 Å². The van der Waals surface area contributed by atoms with Crippen LogP contribution in [0.4, 0.5) is 0 Å². The number of benzene rings is 2. The first-order valence-electron chi connectivity index (χ1n) is 6.93. The molecule has 0 N–H and O–H groups in total. The highest BCUT2D eigenvalue weighted by molar-refractivity contribution is 5.92. The van der Waals surface area contributed by atoms with Crippen LogP contribution in [0.25, 0.3) is 11.0 Å². The minimum Gasteiger partial charge on any atom is -0.489 e. The van der Waals surface area contributed by atoms with Gasteiger partial charge in [0.15, 0.2) is 0 Å². The molecule has 0 aliphatic rings. The number of methoxy groups -OCH3 is 1. The van der Waals surface area contributed by atoms with Crippen LogP contribution in [0, 0.1) is 11.3 Å². The van der Waals surface area contributed by atoms with Crippen LogP contribution in [0.1, 0.15) is 21.7 Å². The maximum atomic E-state index is 11.5. The molecule has 5 nitrogen and oxygen atoms in total. The number of carbonyl (C=O) groups is 1. The predicted octanol–water partition coefficient (Wildman–Crippen LogP) is 3.67. The molecule has 0 amide bonds. The Morgan fingerprint density at radius 1 is 1.17 bits per heavy atom. The van der Waals surface area contributed by atoms with E-state index in [1.165, 1.54) is 7.11 Å². The van der Waals surface area contributed by atoms with E-state index in [-0.39, 0.29) is 5.76 Å². The van der Waals surface area contributed by atoms with Gasteiger partial charge in [-0.2, -0.15) is 5.26 Å². The summed E-state index contributed by atoms with van der Waals surface area (Å²) in [7, 11) is 1.31. The number of nitrogens with zero attached hydrogens (tertiary/aromatic N) is 1. The molecule has 3 rings (SSSR count). The number of esters is 1. The first-order valence-corrected chi connectivity index (χ1v) is 6.93. The molecule has 0 saturated heterocycles. The van der Waals surface area contributed by atoms with Crippen molar-refractivity contribution in [1.82, 2.24) is 0 Å². The lowest BCUT2D eigenvalue weighted by molar-refractivity contribution is 0.0567. The van der Waals surface area contributed by atoms with Gasteiger partial charge in [-0.05, 0) is 35.9 Å². The van der Waals surface area contributed by atoms with Crippen LogP contribution in [-0.4, -0.2) is 13.1 Å². The van der Waals surface area contributed by atoms with Gasteiger partial charge in [-0.15, -0.1) is 0 Å². The lowest BCUT2D eigenvalue weighted by atomic mass is 10.1. The van der Waals surface area contributed by atoms with Gasteiger partial charge < -0.3 is 13.9 Å². The molecule has 0 spiro atoms. The van der Waals surface area contributed by atoms with Crippen LogP contribution in [-0.2, 0) is 11.3 Å². The first-order chi connectivity index (χ1) is 11.2. The second-order valence-corrected chi connectivity index (χ2v) is 4.90. The normalized spacial score (nSPS) is 10.3. The van der Waals surface area contributed by atoms with Gasteiger partial charge in [0, 0.05) is 11.5 Å². The van der Waals surface area contributed by atoms with E-state index in [1.807, 2.05) is 24.3 Å². The zero-order valence-corrected chi connectivity index (χ0v) is 12.4. The van der Waals surface area contributed by atoms with E-state index in [4.69, 9.17) is 14.4 Å². The van der Waals surface area contributed by atoms with Gasteiger partial charge >= 0.3 is 5.97 Å². The van der Waals surface area contributed by atoms with Gasteiger partial charge in [0.25, 0.3) is 0 Å². The number of rotatable bonds is 4. The van der Waals surface area contributed by atoms with Crippen molar-refractivity contribution in [2.45, 2.75) is 6.61 Å². The molecule has 3 aromatic rings. The summed E-state index contributed by atoms with van der Waals surface area (Å²) in [6, 6.07) is 16.2. The van der Waals surface area contributed by atoms with Crippen LogP contribution in [0.15, 0.2) is 52.9 Å². The van der Waals surface area contributed by atoms with Crippen molar-refractivity contribution < 1.29 is 18.7 Å². The van der Waals surface area contributed by atoms with Gasteiger partial charge in [0.2, 0.25) is 5.76 Å². The number of furan rings is 1. The predicted molar refractivity (Wildman–Crippen MR) is 83.0 cm³/mol. The van der Waals surface area contributed by atoms with Crippen molar-refractivity contribution in [1.29, 1.82) is 5.26 Å². The Morgan fingerprint density at radius 2 is 1.96 bits per heavy atom. The van der Waals surface area contributed by atoms with E-state index in [9.17, 15) is 4.79 Å². The number of ether oxygens (including phenoxy) is 2. The van der Waals surface area contributed by atoms with Gasteiger partial charge in [-0.1, -0.05) is 12.1 Å². The lowest BCUT2D eigenvalue weighted by Gasteiger charge is -2.06. The molecular weight excluding hydrogens is 294 g/mol. The zero-order chi connectivity index (χ0) is 16.2.